The summed E-state index contributed by atoms with van der Waals surface area (Å²) in [6.07, 6.45) is 0.719. The van der Waals surface area contributed by atoms with Crippen molar-refractivity contribution in [2.45, 2.75) is 33.0 Å². The largest absolute Gasteiger partial charge is 0.476 e. The summed E-state index contributed by atoms with van der Waals surface area (Å²) in [5.41, 5.74) is 7.49. The number of hydrogen-bond acceptors (Lipinski definition) is 6. The summed E-state index contributed by atoms with van der Waals surface area (Å²) >= 11 is 0. The number of rotatable bonds is 10. The molecule has 0 radical (unpaired) electrons. The molecule has 2 rings (SSSR count). The summed E-state index contributed by atoms with van der Waals surface area (Å²) < 4.78 is 18.5. The number of nitrogens with one attached hydrogen (secondary N) is 1. The average Bonchev–Trinajstić information content (AvgIpc) is 2.91. The lowest BCUT2D eigenvalue weighted by molar-refractivity contribution is -0.197. The number of anilines is 1. The summed E-state index contributed by atoms with van der Waals surface area (Å²) in [4.78, 5) is 0. The second kappa shape index (κ2) is 8.73. The van der Waals surface area contributed by atoms with E-state index in [0.29, 0.717) is 24.9 Å². The monoisotopic (exact) mass is 360 g/mol. The Balaban J connectivity index is 2.07. The van der Waals surface area contributed by atoms with Crippen LogP contribution in [0.25, 0.3) is 5.69 Å². The first-order valence-electron chi connectivity index (χ1n) is 8.52. The standard InChI is InChI=1S/C19H28N4O3/c1-14-17(21-15(2)20)23(16-10-7-6-8-11-16)22-18(14)25-12-9-13-26-19(3,4)24-5/h6-8,10-11,21H,2,9,12-13,20H2,1,3-5H3. The van der Waals surface area contributed by atoms with Gasteiger partial charge >= 0.3 is 0 Å². The number of para-hydroxylation sites is 1. The molecule has 0 aliphatic rings. The fraction of sp³-hybridized carbons (Fsp3) is 0.421. The zero-order chi connectivity index (χ0) is 19.2. The fourth-order valence-electron chi connectivity index (χ4n) is 2.27. The highest BCUT2D eigenvalue weighted by Gasteiger charge is 2.18. The van der Waals surface area contributed by atoms with Crippen LogP contribution in [0, 0.1) is 6.92 Å². The van der Waals surface area contributed by atoms with E-state index in [9.17, 15) is 0 Å². The Bertz CT molecular complexity index is 726. The molecule has 1 heterocycles. The number of methoxy groups -OCH3 is 1. The van der Waals surface area contributed by atoms with E-state index < -0.39 is 5.79 Å². The van der Waals surface area contributed by atoms with Crippen molar-refractivity contribution in [2.24, 2.45) is 5.73 Å². The number of nitrogens with zero attached hydrogens (tertiary/aromatic N) is 2. The third-order valence-corrected chi connectivity index (χ3v) is 3.83. The van der Waals surface area contributed by atoms with Gasteiger partial charge in [-0.25, -0.2) is 4.68 Å². The van der Waals surface area contributed by atoms with Crippen molar-refractivity contribution in [3.05, 3.63) is 48.3 Å². The Morgan fingerprint density at radius 2 is 1.96 bits per heavy atom. The van der Waals surface area contributed by atoms with E-state index in [1.54, 1.807) is 11.8 Å². The molecule has 0 amide bonds. The number of nitrogens with two attached hydrogens (primary N) is 1. The molecule has 3 N–H and O–H groups in total. The molecule has 0 bridgehead atoms. The van der Waals surface area contributed by atoms with E-state index in [0.717, 1.165) is 23.5 Å². The number of benzene rings is 1. The maximum atomic E-state index is 5.85. The fourth-order valence-corrected chi connectivity index (χ4v) is 2.27. The first-order chi connectivity index (χ1) is 12.3. The average molecular weight is 360 g/mol. The molecule has 2 aromatic rings. The molecule has 0 aliphatic carbocycles. The number of ether oxygens (including phenoxy) is 3. The zero-order valence-corrected chi connectivity index (χ0v) is 15.9. The van der Waals surface area contributed by atoms with Crippen molar-refractivity contribution in [3.8, 4) is 11.6 Å². The third-order valence-electron chi connectivity index (χ3n) is 3.83. The van der Waals surface area contributed by atoms with Crippen LogP contribution in [-0.2, 0) is 9.47 Å². The van der Waals surface area contributed by atoms with Crippen LogP contribution in [0.5, 0.6) is 5.88 Å². The Kier molecular flexibility index (Phi) is 6.65. The molecule has 0 saturated carbocycles. The molecule has 0 fully saturated rings. The van der Waals surface area contributed by atoms with Crippen LogP contribution < -0.4 is 15.8 Å². The molecule has 1 aromatic heterocycles. The summed E-state index contributed by atoms with van der Waals surface area (Å²) in [5, 5.41) is 7.62. The van der Waals surface area contributed by atoms with Gasteiger partial charge in [0, 0.05) is 13.5 Å². The summed E-state index contributed by atoms with van der Waals surface area (Å²) in [5.74, 6) is 1.02. The second-order valence-corrected chi connectivity index (χ2v) is 6.33. The Morgan fingerprint density at radius 1 is 1.27 bits per heavy atom. The lowest BCUT2D eigenvalue weighted by atomic mass is 10.3. The highest BCUT2D eigenvalue weighted by Crippen LogP contribution is 2.28. The van der Waals surface area contributed by atoms with Crippen molar-refractivity contribution in [2.75, 3.05) is 25.6 Å². The topological polar surface area (TPSA) is 83.6 Å². The van der Waals surface area contributed by atoms with Gasteiger partial charge in [-0.2, -0.15) is 0 Å². The first kappa shape index (κ1) is 19.8. The number of aromatic nitrogens is 2. The molecule has 7 heteroatoms. The van der Waals surface area contributed by atoms with Crippen molar-refractivity contribution in [3.63, 3.8) is 0 Å². The van der Waals surface area contributed by atoms with Gasteiger partial charge in [0.15, 0.2) is 5.79 Å². The normalized spacial score (nSPS) is 11.4. The van der Waals surface area contributed by atoms with E-state index >= 15 is 0 Å². The molecule has 142 valence electrons. The second-order valence-electron chi connectivity index (χ2n) is 6.33. The Morgan fingerprint density at radius 3 is 2.58 bits per heavy atom. The van der Waals surface area contributed by atoms with Crippen molar-refractivity contribution in [1.82, 2.24) is 9.78 Å². The van der Waals surface area contributed by atoms with E-state index in [2.05, 4.69) is 17.0 Å². The molecule has 0 saturated heterocycles. The Hall–Kier alpha value is -2.51. The molecule has 1 aromatic carbocycles. The van der Waals surface area contributed by atoms with Gasteiger partial charge < -0.3 is 25.3 Å². The minimum Gasteiger partial charge on any atom is -0.476 e. The smallest absolute Gasteiger partial charge is 0.238 e. The van der Waals surface area contributed by atoms with Crippen LogP contribution >= 0.6 is 0 Å². The lowest BCUT2D eigenvalue weighted by Crippen LogP contribution is -2.27. The van der Waals surface area contributed by atoms with Crippen molar-refractivity contribution in [1.29, 1.82) is 0 Å². The highest BCUT2D eigenvalue weighted by atomic mass is 16.7. The predicted octanol–water partition coefficient (Wildman–Crippen LogP) is 3.19. The molecular weight excluding hydrogens is 332 g/mol. The highest BCUT2D eigenvalue weighted by molar-refractivity contribution is 5.57. The van der Waals surface area contributed by atoms with Gasteiger partial charge in [0.1, 0.15) is 5.82 Å². The SMILES string of the molecule is C=C(N)Nc1c(C)c(OCCCOC(C)(C)OC)nn1-c1ccccc1. The predicted molar refractivity (Wildman–Crippen MR) is 102 cm³/mol. The van der Waals surface area contributed by atoms with Crippen LogP contribution in [0.1, 0.15) is 25.8 Å². The maximum Gasteiger partial charge on any atom is 0.238 e. The Labute approximate surface area is 154 Å². The van der Waals surface area contributed by atoms with Gasteiger partial charge in [0.05, 0.1) is 30.3 Å². The molecule has 26 heavy (non-hydrogen) atoms. The molecule has 0 spiro atoms. The van der Waals surface area contributed by atoms with E-state index in [1.165, 1.54) is 0 Å². The number of hydrogen-bond donors (Lipinski definition) is 2. The van der Waals surface area contributed by atoms with Gasteiger partial charge in [-0.3, -0.25) is 0 Å². The molecule has 0 atom stereocenters. The molecule has 0 aliphatic heterocycles. The van der Waals surface area contributed by atoms with Gasteiger partial charge in [-0.05, 0) is 32.9 Å². The third kappa shape index (κ3) is 5.24. The minimum atomic E-state index is -0.594. The van der Waals surface area contributed by atoms with Crippen molar-refractivity contribution >= 4 is 5.82 Å². The van der Waals surface area contributed by atoms with Gasteiger partial charge in [-0.15, -0.1) is 5.10 Å². The van der Waals surface area contributed by atoms with E-state index in [1.807, 2.05) is 51.1 Å². The maximum absolute atomic E-state index is 5.85. The van der Waals surface area contributed by atoms with Crippen LogP contribution in [0.2, 0.25) is 0 Å². The minimum absolute atomic E-state index is 0.340. The van der Waals surface area contributed by atoms with E-state index in [-0.39, 0.29) is 0 Å². The van der Waals surface area contributed by atoms with Crippen LogP contribution in [0.15, 0.2) is 42.7 Å². The summed E-state index contributed by atoms with van der Waals surface area (Å²) in [7, 11) is 1.62. The molecular formula is C19H28N4O3. The van der Waals surface area contributed by atoms with E-state index in [4.69, 9.17) is 19.9 Å². The van der Waals surface area contributed by atoms with Crippen LogP contribution in [0.3, 0.4) is 0 Å². The van der Waals surface area contributed by atoms with Crippen molar-refractivity contribution < 1.29 is 14.2 Å². The van der Waals surface area contributed by atoms with Gasteiger partial charge in [0.25, 0.3) is 0 Å². The van der Waals surface area contributed by atoms with Gasteiger partial charge in [0.2, 0.25) is 5.88 Å². The molecule has 7 nitrogen and oxygen atoms in total. The van der Waals surface area contributed by atoms with Gasteiger partial charge in [-0.1, -0.05) is 24.8 Å². The lowest BCUT2D eigenvalue weighted by Gasteiger charge is -2.23. The molecule has 0 unspecified atom stereocenters. The zero-order valence-electron chi connectivity index (χ0n) is 15.9. The summed E-state index contributed by atoms with van der Waals surface area (Å²) in [6.45, 7) is 10.4. The van der Waals surface area contributed by atoms with Crippen LogP contribution in [0.4, 0.5) is 5.82 Å². The quantitative estimate of drug-likeness (QED) is 0.500. The first-order valence-corrected chi connectivity index (χ1v) is 8.52. The van der Waals surface area contributed by atoms with Crippen LogP contribution in [-0.4, -0.2) is 35.9 Å². The summed E-state index contributed by atoms with van der Waals surface area (Å²) in [6, 6.07) is 9.77.